The molecule has 1 N–H and O–H groups in total. The fraction of sp³-hybridized carbons (Fsp3) is 0.545. The van der Waals surface area contributed by atoms with Crippen LogP contribution >= 0.6 is 0 Å². The number of hydrogen-bond donors (Lipinski definition) is 1. The molecule has 0 unspecified atom stereocenters. The van der Waals surface area contributed by atoms with Crippen LogP contribution in [0.4, 0.5) is 0 Å². The van der Waals surface area contributed by atoms with E-state index in [9.17, 15) is 9.59 Å². The number of nitrogens with zero attached hydrogens (tertiary/aromatic N) is 3. The lowest BCUT2D eigenvalue weighted by Gasteiger charge is -2.26. The maximum absolute atomic E-state index is 12.2. The van der Waals surface area contributed by atoms with Crippen molar-refractivity contribution in [3.63, 3.8) is 0 Å². The first-order chi connectivity index (χ1) is 8.11. The number of carbonyl (C=O) groups is 2. The Balaban J connectivity index is 2.20. The van der Waals surface area contributed by atoms with Crippen LogP contribution in [-0.4, -0.2) is 46.1 Å². The van der Waals surface area contributed by atoms with Crippen LogP contribution in [0.3, 0.4) is 0 Å². The number of nitrogens with one attached hydrogen (secondary N) is 1. The number of aromatic nitrogens is 2. The number of hydrogen-bond acceptors (Lipinski definition) is 3. The predicted molar refractivity (Wildman–Crippen MR) is 61.6 cm³/mol. The van der Waals surface area contributed by atoms with Gasteiger partial charge in [-0.1, -0.05) is 0 Å². The third kappa shape index (κ3) is 2.30. The van der Waals surface area contributed by atoms with Gasteiger partial charge >= 0.3 is 0 Å². The molecule has 0 aromatic carbocycles. The van der Waals surface area contributed by atoms with Gasteiger partial charge in [0, 0.05) is 19.6 Å². The summed E-state index contributed by atoms with van der Waals surface area (Å²) in [4.78, 5) is 25.0. The van der Waals surface area contributed by atoms with Crippen molar-refractivity contribution in [1.29, 1.82) is 0 Å². The summed E-state index contributed by atoms with van der Waals surface area (Å²) < 4.78 is 1.67. The Morgan fingerprint density at radius 1 is 1.59 bits per heavy atom. The lowest BCUT2D eigenvalue weighted by molar-refractivity contribution is -0.123. The highest BCUT2D eigenvalue weighted by atomic mass is 16.2. The second kappa shape index (κ2) is 4.57. The second-order valence-electron chi connectivity index (χ2n) is 4.06. The van der Waals surface area contributed by atoms with Gasteiger partial charge in [0.2, 0.25) is 5.91 Å². The van der Waals surface area contributed by atoms with E-state index in [0.717, 1.165) is 5.69 Å². The smallest absolute Gasteiger partial charge is 0.272 e. The molecule has 1 fully saturated rings. The molecule has 1 aliphatic rings. The SMILES string of the molecule is CCn1nc(C)cc1C(=O)N1CCNC(=O)C1. The van der Waals surface area contributed by atoms with Gasteiger partial charge in [-0.05, 0) is 19.9 Å². The van der Waals surface area contributed by atoms with E-state index in [1.807, 2.05) is 13.8 Å². The summed E-state index contributed by atoms with van der Waals surface area (Å²) in [5.41, 5.74) is 1.37. The van der Waals surface area contributed by atoms with E-state index < -0.39 is 0 Å². The summed E-state index contributed by atoms with van der Waals surface area (Å²) >= 11 is 0. The van der Waals surface area contributed by atoms with Gasteiger partial charge < -0.3 is 10.2 Å². The van der Waals surface area contributed by atoms with Crippen molar-refractivity contribution in [3.8, 4) is 0 Å². The zero-order chi connectivity index (χ0) is 12.4. The molecule has 0 spiro atoms. The molecule has 0 bridgehead atoms. The summed E-state index contributed by atoms with van der Waals surface area (Å²) in [5.74, 6) is -0.230. The standard InChI is InChI=1S/C11H16N4O2/c1-3-15-9(6-8(2)13-15)11(17)14-5-4-12-10(16)7-14/h6H,3-5,7H2,1-2H3,(H,12,16). The summed E-state index contributed by atoms with van der Waals surface area (Å²) in [6.45, 7) is 5.64. The Hall–Kier alpha value is -1.85. The zero-order valence-electron chi connectivity index (χ0n) is 10.1. The molecule has 0 aliphatic carbocycles. The van der Waals surface area contributed by atoms with Crippen molar-refractivity contribution in [2.75, 3.05) is 19.6 Å². The first-order valence-electron chi connectivity index (χ1n) is 5.72. The van der Waals surface area contributed by atoms with Crippen molar-refractivity contribution in [3.05, 3.63) is 17.5 Å². The molecule has 6 heteroatoms. The summed E-state index contributed by atoms with van der Waals surface area (Å²) in [6, 6.07) is 1.76. The zero-order valence-corrected chi connectivity index (χ0v) is 10.1. The van der Waals surface area contributed by atoms with Crippen molar-refractivity contribution >= 4 is 11.8 Å². The van der Waals surface area contributed by atoms with Gasteiger partial charge in [0.25, 0.3) is 5.91 Å². The van der Waals surface area contributed by atoms with Crippen molar-refractivity contribution in [1.82, 2.24) is 20.0 Å². The Labute approximate surface area is 99.6 Å². The fourth-order valence-corrected chi connectivity index (χ4v) is 1.93. The average molecular weight is 236 g/mol. The van der Waals surface area contributed by atoms with E-state index in [4.69, 9.17) is 0 Å². The van der Waals surface area contributed by atoms with Gasteiger partial charge in [-0.15, -0.1) is 0 Å². The van der Waals surface area contributed by atoms with Gasteiger partial charge in [-0.3, -0.25) is 14.3 Å². The number of rotatable bonds is 2. The Morgan fingerprint density at radius 3 is 3.00 bits per heavy atom. The lowest BCUT2D eigenvalue weighted by Crippen LogP contribution is -2.50. The average Bonchev–Trinajstić information content (AvgIpc) is 2.69. The van der Waals surface area contributed by atoms with Crippen LogP contribution < -0.4 is 5.32 Å². The second-order valence-corrected chi connectivity index (χ2v) is 4.06. The molecule has 1 saturated heterocycles. The molecule has 2 rings (SSSR count). The largest absolute Gasteiger partial charge is 0.353 e. The molecule has 0 radical (unpaired) electrons. The van der Waals surface area contributed by atoms with Crippen LogP contribution in [0.15, 0.2) is 6.07 Å². The van der Waals surface area contributed by atoms with Crippen LogP contribution in [-0.2, 0) is 11.3 Å². The van der Waals surface area contributed by atoms with Gasteiger partial charge in [0.15, 0.2) is 0 Å². The molecule has 17 heavy (non-hydrogen) atoms. The first-order valence-corrected chi connectivity index (χ1v) is 5.72. The van der Waals surface area contributed by atoms with E-state index in [0.29, 0.717) is 25.3 Å². The quantitative estimate of drug-likeness (QED) is 0.772. The number of aryl methyl sites for hydroxylation is 2. The van der Waals surface area contributed by atoms with E-state index in [1.165, 1.54) is 0 Å². The van der Waals surface area contributed by atoms with Crippen LogP contribution in [0.2, 0.25) is 0 Å². The van der Waals surface area contributed by atoms with Gasteiger partial charge in [0.05, 0.1) is 12.2 Å². The van der Waals surface area contributed by atoms with Crippen LogP contribution in [0.5, 0.6) is 0 Å². The predicted octanol–water partition coefficient (Wildman–Crippen LogP) is -0.217. The molecule has 92 valence electrons. The highest BCUT2D eigenvalue weighted by Gasteiger charge is 2.24. The molecular formula is C11H16N4O2. The lowest BCUT2D eigenvalue weighted by atomic mass is 10.3. The minimum absolute atomic E-state index is 0.108. The molecule has 2 amide bonds. The van der Waals surface area contributed by atoms with E-state index in [-0.39, 0.29) is 18.4 Å². The molecular weight excluding hydrogens is 220 g/mol. The van der Waals surface area contributed by atoms with Crippen LogP contribution in [0.25, 0.3) is 0 Å². The number of piperazine rings is 1. The number of amides is 2. The maximum Gasteiger partial charge on any atom is 0.272 e. The van der Waals surface area contributed by atoms with Crippen molar-refractivity contribution in [2.45, 2.75) is 20.4 Å². The highest BCUT2D eigenvalue weighted by Crippen LogP contribution is 2.08. The van der Waals surface area contributed by atoms with Gasteiger partial charge in [0.1, 0.15) is 5.69 Å². The third-order valence-corrected chi connectivity index (χ3v) is 2.75. The molecule has 1 aliphatic heterocycles. The normalized spacial score (nSPS) is 15.9. The first kappa shape index (κ1) is 11.6. The Morgan fingerprint density at radius 2 is 2.35 bits per heavy atom. The Bertz CT molecular complexity index is 452. The summed E-state index contributed by atoms with van der Waals surface area (Å²) in [6.07, 6.45) is 0. The summed E-state index contributed by atoms with van der Waals surface area (Å²) in [5, 5.41) is 6.93. The monoisotopic (exact) mass is 236 g/mol. The summed E-state index contributed by atoms with van der Waals surface area (Å²) in [7, 11) is 0. The molecule has 0 saturated carbocycles. The van der Waals surface area contributed by atoms with Crippen LogP contribution in [0, 0.1) is 6.92 Å². The van der Waals surface area contributed by atoms with E-state index >= 15 is 0 Å². The molecule has 1 aromatic rings. The fourth-order valence-electron chi connectivity index (χ4n) is 1.93. The van der Waals surface area contributed by atoms with Crippen LogP contribution in [0.1, 0.15) is 23.1 Å². The minimum Gasteiger partial charge on any atom is -0.353 e. The van der Waals surface area contributed by atoms with Gasteiger partial charge in [-0.2, -0.15) is 5.10 Å². The third-order valence-electron chi connectivity index (χ3n) is 2.75. The van der Waals surface area contributed by atoms with E-state index in [2.05, 4.69) is 10.4 Å². The maximum atomic E-state index is 12.2. The molecule has 6 nitrogen and oxygen atoms in total. The number of carbonyl (C=O) groups excluding carboxylic acids is 2. The van der Waals surface area contributed by atoms with E-state index in [1.54, 1.807) is 15.6 Å². The van der Waals surface area contributed by atoms with Crippen molar-refractivity contribution < 1.29 is 9.59 Å². The van der Waals surface area contributed by atoms with Gasteiger partial charge in [-0.25, -0.2) is 0 Å². The molecule has 2 heterocycles. The van der Waals surface area contributed by atoms with Crippen molar-refractivity contribution in [2.24, 2.45) is 0 Å². The topological polar surface area (TPSA) is 67.2 Å². The minimum atomic E-state index is -0.123. The highest BCUT2D eigenvalue weighted by molar-refractivity contribution is 5.95. The molecule has 0 atom stereocenters. The molecule has 1 aromatic heterocycles. The Kier molecular flexibility index (Phi) is 3.12.